The summed E-state index contributed by atoms with van der Waals surface area (Å²) in [4.78, 5) is 12.2. The predicted molar refractivity (Wildman–Crippen MR) is 98.9 cm³/mol. The van der Waals surface area contributed by atoms with Crippen LogP contribution >= 0.6 is 15.9 Å². The van der Waals surface area contributed by atoms with Crippen LogP contribution in [0.25, 0.3) is 0 Å². The van der Waals surface area contributed by atoms with Gasteiger partial charge in [-0.25, -0.2) is 0 Å². The van der Waals surface area contributed by atoms with Crippen LogP contribution in [0.4, 0.5) is 0 Å². The van der Waals surface area contributed by atoms with E-state index in [0.29, 0.717) is 12.4 Å². The highest BCUT2D eigenvalue weighted by atomic mass is 79.9. The van der Waals surface area contributed by atoms with Gasteiger partial charge in [0.2, 0.25) is 20.2 Å². The van der Waals surface area contributed by atoms with Gasteiger partial charge in [0, 0.05) is 11.4 Å². The Morgan fingerprint density at radius 1 is 1.26 bits per heavy atom. The number of rotatable bonds is 9. The molecule has 1 unspecified atom stereocenters. The van der Waals surface area contributed by atoms with Crippen LogP contribution < -0.4 is 10.2 Å². The first-order chi connectivity index (χ1) is 10.8. The molecule has 1 aromatic heterocycles. The number of alkyl halides is 1. The minimum absolute atomic E-state index is 0.143. The second-order valence-corrected chi connectivity index (χ2v) is 9.73. The summed E-state index contributed by atoms with van der Waals surface area (Å²) >= 11 is 3.40. The maximum absolute atomic E-state index is 12.2. The molecule has 4 nitrogen and oxygen atoms in total. The fourth-order valence-corrected chi connectivity index (χ4v) is 3.45. The molecule has 0 saturated heterocycles. The summed E-state index contributed by atoms with van der Waals surface area (Å²) in [6.07, 6.45) is 4.30. The standard InChI is InChI=1S/C17H28BrO4Si/c1-17(2,3)16(22-23(4)5)14-11-13(19)15(12-21-14)20-10-8-6-7-9-18/h11-12,16H,6-10H2,1-5H3. The molecule has 0 saturated carbocycles. The van der Waals surface area contributed by atoms with Crippen LogP contribution in [0.15, 0.2) is 21.5 Å². The third kappa shape index (κ3) is 7.22. The molecule has 0 amide bonds. The van der Waals surface area contributed by atoms with Gasteiger partial charge in [-0.3, -0.25) is 4.79 Å². The number of hydrogen-bond acceptors (Lipinski definition) is 4. The Kier molecular flexibility index (Phi) is 8.57. The van der Waals surface area contributed by atoms with E-state index in [1.54, 1.807) is 0 Å². The number of ether oxygens (including phenoxy) is 1. The van der Waals surface area contributed by atoms with Crippen molar-refractivity contribution in [1.82, 2.24) is 0 Å². The highest BCUT2D eigenvalue weighted by Gasteiger charge is 2.30. The minimum atomic E-state index is -0.905. The van der Waals surface area contributed by atoms with Crippen LogP contribution in [0.5, 0.6) is 5.75 Å². The lowest BCUT2D eigenvalue weighted by Crippen LogP contribution is -2.26. The summed E-state index contributed by atoms with van der Waals surface area (Å²) in [5, 5.41) is 0.996. The summed E-state index contributed by atoms with van der Waals surface area (Å²) in [7, 11) is -0.905. The van der Waals surface area contributed by atoms with E-state index in [4.69, 9.17) is 13.6 Å². The van der Waals surface area contributed by atoms with Crippen molar-refractivity contribution in [3.8, 4) is 5.75 Å². The molecular weight excluding hydrogens is 376 g/mol. The van der Waals surface area contributed by atoms with Gasteiger partial charge in [0.25, 0.3) is 0 Å². The molecular formula is C17H28BrO4Si. The van der Waals surface area contributed by atoms with Gasteiger partial charge in [-0.2, -0.15) is 0 Å². The van der Waals surface area contributed by atoms with Crippen molar-refractivity contribution in [3.05, 3.63) is 28.3 Å². The van der Waals surface area contributed by atoms with Gasteiger partial charge in [0.05, 0.1) is 6.61 Å². The fraction of sp³-hybridized carbons (Fsp3) is 0.706. The van der Waals surface area contributed by atoms with Crippen molar-refractivity contribution in [2.45, 2.75) is 59.2 Å². The summed E-state index contributed by atoms with van der Waals surface area (Å²) in [6.45, 7) is 10.9. The van der Waals surface area contributed by atoms with E-state index in [9.17, 15) is 4.79 Å². The maximum Gasteiger partial charge on any atom is 0.227 e. The molecule has 1 aromatic rings. The van der Waals surface area contributed by atoms with Crippen LogP contribution in [0.3, 0.4) is 0 Å². The molecule has 1 rings (SSSR count). The molecule has 0 spiro atoms. The third-order valence-electron chi connectivity index (χ3n) is 3.25. The average Bonchev–Trinajstić information content (AvgIpc) is 2.44. The normalized spacial score (nSPS) is 13.3. The lowest BCUT2D eigenvalue weighted by molar-refractivity contribution is 0.0639. The first kappa shape index (κ1) is 20.5. The topological polar surface area (TPSA) is 48.7 Å². The van der Waals surface area contributed by atoms with Gasteiger partial charge in [-0.05, 0) is 37.8 Å². The van der Waals surface area contributed by atoms with Crippen molar-refractivity contribution in [2.24, 2.45) is 5.41 Å². The average molecular weight is 404 g/mol. The SMILES string of the molecule is C[Si](C)OC(c1cc(=O)c(OCCCCCBr)co1)C(C)(C)C. The Morgan fingerprint density at radius 3 is 2.48 bits per heavy atom. The van der Waals surface area contributed by atoms with Gasteiger partial charge in [-0.15, -0.1) is 0 Å². The zero-order valence-electron chi connectivity index (χ0n) is 14.8. The van der Waals surface area contributed by atoms with Crippen LogP contribution in [-0.4, -0.2) is 21.0 Å². The Balaban J connectivity index is 2.78. The smallest absolute Gasteiger partial charge is 0.227 e. The zero-order chi connectivity index (χ0) is 17.5. The molecule has 0 aliphatic heterocycles. The lowest BCUT2D eigenvalue weighted by atomic mass is 9.87. The molecule has 23 heavy (non-hydrogen) atoms. The van der Waals surface area contributed by atoms with Gasteiger partial charge >= 0.3 is 0 Å². The molecule has 0 aliphatic rings. The van der Waals surface area contributed by atoms with Crippen LogP contribution in [0.1, 0.15) is 51.9 Å². The van der Waals surface area contributed by atoms with Gasteiger partial charge < -0.3 is 13.6 Å². The number of halogens is 1. The second kappa shape index (κ2) is 9.64. The zero-order valence-corrected chi connectivity index (χ0v) is 17.4. The van der Waals surface area contributed by atoms with Crippen molar-refractivity contribution < 1.29 is 13.6 Å². The molecule has 131 valence electrons. The second-order valence-electron chi connectivity index (χ2n) is 6.88. The Morgan fingerprint density at radius 2 is 1.96 bits per heavy atom. The van der Waals surface area contributed by atoms with Crippen LogP contribution in [0.2, 0.25) is 13.1 Å². The molecule has 1 radical (unpaired) electrons. The largest absolute Gasteiger partial charge is 0.487 e. The Hall–Kier alpha value is -0.593. The number of unbranched alkanes of at least 4 members (excludes halogenated alkanes) is 2. The monoisotopic (exact) mass is 403 g/mol. The minimum Gasteiger partial charge on any atom is -0.487 e. The van der Waals surface area contributed by atoms with Crippen molar-refractivity contribution >= 4 is 25.0 Å². The van der Waals surface area contributed by atoms with Gasteiger partial charge in [0.15, 0.2) is 0 Å². The molecule has 6 heteroatoms. The van der Waals surface area contributed by atoms with E-state index in [1.165, 1.54) is 12.3 Å². The van der Waals surface area contributed by atoms with E-state index in [0.717, 1.165) is 24.6 Å². The van der Waals surface area contributed by atoms with E-state index in [1.807, 2.05) is 0 Å². The van der Waals surface area contributed by atoms with Crippen molar-refractivity contribution in [3.63, 3.8) is 0 Å². The first-order valence-corrected chi connectivity index (χ1v) is 11.6. The molecule has 0 fully saturated rings. The maximum atomic E-state index is 12.2. The van der Waals surface area contributed by atoms with E-state index >= 15 is 0 Å². The highest BCUT2D eigenvalue weighted by molar-refractivity contribution is 9.09. The summed E-state index contributed by atoms with van der Waals surface area (Å²) < 4.78 is 17.2. The molecule has 0 aliphatic carbocycles. The van der Waals surface area contributed by atoms with Crippen LogP contribution in [-0.2, 0) is 4.43 Å². The molecule has 0 bridgehead atoms. The van der Waals surface area contributed by atoms with Crippen molar-refractivity contribution in [2.75, 3.05) is 11.9 Å². The first-order valence-electron chi connectivity index (χ1n) is 8.04. The van der Waals surface area contributed by atoms with E-state index < -0.39 is 9.04 Å². The predicted octanol–water partition coefficient (Wildman–Crippen LogP) is 4.94. The summed E-state index contributed by atoms with van der Waals surface area (Å²) in [5.41, 5.74) is -0.291. The van der Waals surface area contributed by atoms with E-state index in [2.05, 4.69) is 49.8 Å². The summed E-state index contributed by atoms with van der Waals surface area (Å²) in [6, 6.07) is 1.51. The lowest BCUT2D eigenvalue weighted by Gasteiger charge is -2.31. The third-order valence-corrected chi connectivity index (χ3v) is 4.52. The Bertz CT molecular complexity index is 522. The molecule has 0 N–H and O–H groups in total. The summed E-state index contributed by atoms with van der Waals surface area (Å²) in [5.74, 6) is 0.846. The van der Waals surface area contributed by atoms with E-state index in [-0.39, 0.29) is 22.7 Å². The Labute approximate surface area is 149 Å². The van der Waals surface area contributed by atoms with Gasteiger partial charge in [-0.1, -0.05) is 36.7 Å². The number of hydrogen-bond donors (Lipinski definition) is 0. The fourth-order valence-electron chi connectivity index (χ4n) is 2.11. The van der Waals surface area contributed by atoms with Crippen LogP contribution in [0, 0.1) is 5.41 Å². The highest BCUT2D eigenvalue weighted by Crippen LogP contribution is 2.36. The van der Waals surface area contributed by atoms with Gasteiger partial charge in [0.1, 0.15) is 18.1 Å². The molecule has 1 atom stereocenters. The molecule has 1 heterocycles. The quantitative estimate of drug-likeness (QED) is 0.332. The van der Waals surface area contributed by atoms with Crippen molar-refractivity contribution in [1.29, 1.82) is 0 Å². The molecule has 0 aromatic carbocycles.